The number of nitrogens with one attached hydrogen (secondary N) is 4. The van der Waals surface area contributed by atoms with Gasteiger partial charge in [0.1, 0.15) is 29.3 Å². The summed E-state index contributed by atoms with van der Waals surface area (Å²) in [7, 11) is 2.42. The summed E-state index contributed by atoms with van der Waals surface area (Å²) in [6.07, 6.45) is 3.34. The normalized spacial score (nSPS) is 21.6. The van der Waals surface area contributed by atoms with E-state index in [0.29, 0.717) is 50.7 Å². The molecule has 4 amide bonds. The Morgan fingerprint density at radius 2 is 1.30 bits per heavy atom. The van der Waals surface area contributed by atoms with Gasteiger partial charge in [0.25, 0.3) is 0 Å². The fourth-order valence-corrected chi connectivity index (χ4v) is 8.83. The van der Waals surface area contributed by atoms with Crippen LogP contribution in [0, 0.1) is 5.92 Å². The van der Waals surface area contributed by atoms with Gasteiger partial charge in [-0.3, -0.25) is 9.59 Å². The number of nitrogens with zero attached hydrogens (tertiary/aromatic N) is 4. The third kappa shape index (κ3) is 9.26. The highest BCUT2D eigenvalue weighted by Crippen LogP contribution is 2.47. The molecule has 0 unspecified atom stereocenters. The van der Waals surface area contributed by atoms with E-state index in [9.17, 15) is 28.0 Å². The maximum absolute atomic E-state index is 14.2. The number of benzene rings is 2. The second-order valence-electron chi connectivity index (χ2n) is 16.8. The summed E-state index contributed by atoms with van der Waals surface area (Å²) >= 11 is 0. The third-order valence-corrected chi connectivity index (χ3v) is 12.3. The molecule has 17 nitrogen and oxygen atoms in total. The third-order valence-electron chi connectivity index (χ3n) is 12.3. The first-order valence-electron chi connectivity index (χ1n) is 20.9. The van der Waals surface area contributed by atoms with Crippen molar-refractivity contribution in [2.45, 2.75) is 88.9 Å². The van der Waals surface area contributed by atoms with E-state index >= 15 is 0 Å². The quantitative estimate of drug-likeness (QED) is 0.118. The van der Waals surface area contributed by atoms with Crippen molar-refractivity contribution < 1.29 is 51.6 Å². The lowest BCUT2D eigenvalue weighted by molar-refractivity contribution is -0.153. The topological polar surface area (TPSA) is 202 Å². The number of amides is 4. The van der Waals surface area contributed by atoms with Gasteiger partial charge < -0.3 is 54.1 Å². The molecule has 4 atom stereocenters. The number of ether oxygens (including phenoxy) is 5. The number of rotatable bonds is 14. The number of hydrogen-bond donors (Lipinski definition) is 4. The maximum atomic E-state index is 14.2. The van der Waals surface area contributed by atoms with E-state index < -0.39 is 60.3 Å². The number of aromatic nitrogens is 4. The van der Waals surface area contributed by atoms with Crippen LogP contribution in [0.15, 0.2) is 60.9 Å². The predicted molar refractivity (Wildman–Crippen MR) is 224 cm³/mol. The summed E-state index contributed by atoms with van der Waals surface area (Å²) in [5.74, 6) is -0.849. The van der Waals surface area contributed by atoms with Crippen LogP contribution in [0.5, 0.6) is 0 Å². The van der Waals surface area contributed by atoms with Gasteiger partial charge in [-0.25, -0.2) is 19.6 Å². The Morgan fingerprint density at radius 3 is 1.83 bits per heavy atom. The zero-order valence-corrected chi connectivity index (χ0v) is 36.2. The first kappa shape index (κ1) is 45.1. The number of halogens is 2. The number of methoxy groups -OCH3 is 2. The van der Waals surface area contributed by atoms with Gasteiger partial charge in [-0.1, -0.05) is 62.4 Å². The molecule has 0 radical (unpaired) electrons. The molecule has 1 spiro atoms. The van der Waals surface area contributed by atoms with Gasteiger partial charge in [-0.05, 0) is 54.9 Å². The van der Waals surface area contributed by atoms with Crippen molar-refractivity contribution in [2.24, 2.45) is 5.92 Å². The van der Waals surface area contributed by atoms with Crippen LogP contribution < -0.4 is 10.6 Å². The number of carbonyl (C=O) groups is 4. The van der Waals surface area contributed by atoms with Crippen LogP contribution in [0.1, 0.15) is 65.0 Å². The molecule has 7 rings (SSSR count). The molecule has 3 aliphatic rings. The van der Waals surface area contributed by atoms with E-state index in [4.69, 9.17) is 19.2 Å². The minimum atomic E-state index is -3.00. The van der Waals surface area contributed by atoms with Gasteiger partial charge in [0.15, 0.2) is 5.79 Å². The number of aromatic amines is 2. The first-order chi connectivity index (χ1) is 30.1. The van der Waals surface area contributed by atoms with Crippen LogP contribution in [-0.4, -0.2) is 125 Å². The average Bonchev–Trinajstić information content (AvgIpc) is 4.14. The minimum Gasteiger partial charge on any atom is -0.453 e. The molecule has 5 heterocycles. The van der Waals surface area contributed by atoms with Crippen molar-refractivity contribution in [3.8, 4) is 33.6 Å². The molecule has 3 saturated heterocycles. The average molecular weight is 877 g/mol. The monoisotopic (exact) mass is 876 g/mol. The highest BCUT2D eigenvalue weighted by molar-refractivity contribution is 5.87. The van der Waals surface area contributed by atoms with E-state index in [-0.39, 0.29) is 24.8 Å². The van der Waals surface area contributed by atoms with Crippen molar-refractivity contribution in [3.05, 3.63) is 72.6 Å². The van der Waals surface area contributed by atoms with Crippen LogP contribution in [0.3, 0.4) is 0 Å². The maximum Gasteiger partial charge on any atom is 0.407 e. The SMILES string of the molecule is COC(=O)N[C@@H](CCOC(F)F)C(=O)N1CCC[C@@]1(C)c1ncc(-c2ccc(-c3ccc(-c4cnc([C@]5(C)CC6(CN5C(=O)[C@@H](NC(=O)OC)C(C)C)OCCO6)[nH]4)cc3)cc2)[nH]1. The molecule has 3 fully saturated rings. The van der Waals surface area contributed by atoms with Gasteiger partial charge in [0, 0.05) is 19.4 Å². The number of alkyl carbamates (subject to hydrolysis) is 2. The number of H-pyrrole nitrogens is 2. The van der Waals surface area contributed by atoms with Crippen LogP contribution in [-0.2, 0) is 44.4 Å². The molecule has 0 aliphatic carbocycles. The van der Waals surface area contributed by atoms with E-state index in [1.807, 2.05) is 76.2 Å². The number of imidazole rings is 2. The van der Waals surface area contributed by atoms with Crippen molar-refractivity contribution in [3.63, 3.8) is 0 Å². The Balaban J connectivity index is 1.05. The van der Waals surface area contributed by atoms with E-state index in [2.05, 4.69) is 35.1 Å². The summed E-state index contributed by atoms with van der Waals surface area (Å²) in [6.45, 7) is 5.45. The fourth-order valence-electron chi connectivity index (χ4n) is 8.83. The lowest BCUT2D eigenvalue weighted by atomic mass is 9.94. The molecule has 3 aliphatic heterocycles. The molecular formula is C44H54F2N8O9. The van der Waals surface area contributed by atoms with Gasteiger partial charge in [0.05, 0.1) is 69.9 Å². The molecular weight excluding hydrogens is 823 g/mol. The zero-order chi connectivity index (χ0) is 45.1. The highest BCUT2D eigenvalue weighted by Gasteiger charge is 2.59. The Kier molecular flexibility index (Phi) is 13.2. The summed E-state index contributed by atoms with van der Waals surface area (Å²) in [5, 5.41) is 5.15. The molecule has 63 heavy (non-hydrogen) atoms. The molecule has 2 aromatic heterocycles. The van der Waals surface area contributed by atoms with E-state index in [1.54, 1.807) is 22.2 Å². The minimum absolute atomic E-state index is 0.166. The molecule has 0 bridgehead atoms. The summed E-state index contributed by atoms with van der Waals surface area (Å²) in [6, 6.07) is 14.0. The van der Waals surface area contributed by atoms with Crippen LogP contribution in [0.25, 0.3) is 33.6 Å². The largest absolute Gasteiger partial charge is 0.453 e. The molecule has 4 N–H and O–H groups in total. The molecule has 0 saturated carbocycles. The lowest BCUT2D eigenvalue weighted by Crippen LogP contribution is -2.55. The number of alkyl halides is 2. The predicted octanol–water partition coefficient (Wildman–Crippen LogP) is 5.90. The Morgan fingerprint density at radius 1 is 0.778 bits per heavy atom. The smallest absolute Gasteiger partial charge is 0.407 e. The van der Waals surface area contributed by atoms with Gasteiger partial charge in [0.2, 0.25) is 11.8 Å². The summed E-state index contributed by atoms with van der Waals surface area (Å²) < 4.78 is 51.4. The lowest BCUT2D eigenvalue weighted by Gasteiger charge is -2.36. The Bertz CT molecular complexity index is 2260. The molecule has 4 aromatic rings. The van der Waals surface area contributed by atoms with Crippen molar-refractivity contribution in [2.75, 3.05) is 47.1 Å². The number of hydrogen-bond acceptors (Lipinski definition) is 11. The molecule has 338 valence electrons. The Hall–Kier alpha value is -5.92. The molecule has 2 aromatic carbocycles. The highest BCUT2D eigenvalue weighted by atomic mass is 19.3. The van der Waals surface area contributed by atoms with E-state index in [0.717, 1.165) is 40.8 Å². The van der Waals surface area contributed by atoms with Gasteiger partial charge >= 0.3 is 18.8 Å². The van der Waals surface area contributed by atoms with Crippen LogP contribution >= 0.6 is 0 Å². The Labute approximate surface area is 363 Å². The summed E-state index contributed by atoms with van der Waals surface area (Å²) in [5.41, 5.74) is 3.41. The van der Waals surface area contributed by atoms with Gasteiger partial charge in [-0.2, -0.15) is 8.78 Å². The second-order valence-corrected chi connectivity index (χ2v) is 16.8. The second kappa shape index (κ2) is 18.4. The number of carbonyl (C=O) groups excluding carboxylic acids is 4. The zero-order valence-electron chi connectivity index (χ0n) is 36.2. The molecule has 19 heteroatoms. The van der Waals surface area contributed by atoms with Gasteiger partial charge in [-0.15, -0.1) is 0 Å². The van der Waals surface area contributed by atoms with Crippen molar-refractivity contribution in [1.29, 1.82) is 0 Å². The van der Waals surface area contributed by atoms with Crippen LogP contribution in [0.4, 0.5) is 18.4 Å². The first-order valence-corrected chi connectivity index (χ1v) is 20.9. The number of likely N-dealkylation sites (tertiary alicyclic amines) is 2. The summed E-state index contributed by atoms with van der Waals surface area (Å²) in [4.78, 5) is 71.8. The standard InChI is InChI=1S/C44H54F2N8O9/c1-26(2)34(52-41(58)60-6)36(56)54-25-44(62-20-21-63-44)24-43(54,4)38-48-23-33(50-38)30-14-10-28(11-15-30)27-8-12-29(13-9-27)32-22-47-37(49-32)42(3)17-7-18-53(42)35(55)31(51-40(57)59-5)16-19-61-39(45)46/h8-15,22-23,26,31,34,39H,7,16-21,24-25H2,1-6H3,(H,47,49)(H,48,50)(H,51,57)(H,52,58)/t31-,34-,42-,43-/m0/s1. The van der Waals surface area contributed by atoms with E-state index in [1.165, 1.54) is 7.11 Å². The van der Waals surface area contributed by atoms with Crippen LogP contribution in [0.2, 0.25) is 0 Å². The van der Waals surface area contributed by atoms with Crippen molar-refractivity contribution >= 4 is 24.0 Å². The fraction of sp³-hybridized carbons (Fsp3) is 0.500. The van der Waals surface area contributed by atoms with Crippen molar-refractivity contribution in [1.82, 2.24) is 40.4 Å².